The van der Waals surface area contributed by atoms with E-state index >= 15 is 0 Å². The Morgan fingerprint density at radius 3 is 0.950 bits per heavy atom. The maximum absolute atomic E-state index is 7.32. The molecule has 20 radical (unpaired) electrons. The van der Waals surface area contributed by atoms with Crippen molar-refractivity contribution in [3.63, 3.8) is 0 Å². The molecule has 0 amide bonds. The highest BCUT2D eigenvalue weighted by atomic mass is 15.0. The molecule has 0 unspecified atom stereocenters. The van der Waals surface area contributed by atoms with E-state index in [9.17, 15) is 0 Å². The van der Waals surface area contributed by atoms with Crippen molar-refractivity contribution in [2.45, 2.75) is 0 Å². The Labute approximate surface area is 362 Å². The monoisotopic (exact) mass is 736 g/mol. The summed E-state index contributed by atoms with van der Waals surface area (Å²) in [5, 5.41) is 2.25. The molecule has 0 spiro atoms. The predicted octanol–water partition coefficient (Wildman–Crippen LogP) is 0.820. The lowest BCUT2D eigenvalue weighted by Crippen LogP contribution is -2.32. The Balaban J connectivity index is 1.28. The molecule has 0 aliphatic heterocycles. The van der Waals surface area contributed by atoms with E-state index < -0.39 is 0 Å². The smallest absolute Gasteiger partial charge is 0.116 e. The van der Waals surface area contributed by atoms with E-state index in [2.05, 4.69) is 36.4 Å². The number of rotatable bonds is 5. The van der Waals surface area contributed by atoms with Gasteiger partial charge in [0.15, 0.2) is 0 Å². The third-order valence-electron chi connectivity index (χ3n) is 11.6. The fourth-order valence-electron chi connectivity index (χ4n) is 8.95. The zero-order chi connectivity index (χ0) is 41.7. The van der Waals surface area contributed by atoms with Crippen molar-refractivity contribution in [3.8, 4) is 44.8 Å². The molecular formula is C48H22B10N2. The quantitative estimate of drug-likeness (QED) is 0.232. The maximum Gasteiger partial charge on any atom is 0.116 e. The molecule has 0 aliphatic carbocycles. The second-order valence-electron chi connectivity index (χ2n) is 15.2. The van der Waals surface area contributed by atoms with E-state index in [0.29, 0.717) is 109 Å². The van der Waals surface area contributed by atoms with E-state index in [0.717, 1.165) is 33.6 Å². The van der Waals surface area contributed by atoms with Crippen molar-refractivity contribution in [1.82, 2.24) is 9.13 Å². The van der Waals surface area contributed by atoms with Crippen LogP contribution < -0.4 is 54.6 Å². The van der Waals surface area contributed by atoms with Crippen LogP contribution in [0.1, 0.15) is 0 Å². The first-order chi connectivity index (χ1) is 28.9. The molecule has 2 heterocycles. The van der Waals surface area contributed by atoms with Crippen LogP contribution in [-0.4, -0.2) is 87.6 Å². The molecule has 0 fully saturated rings. The summed E-state index contributed by atoms with van der Waals surface area (Å²) in [6.07, 6.45) is 0. The summed E-state index contributed by atoms with van der Waals surface area (Å²) in [6.45, 7) is 0. The fourth-order valence-corrected chi connectivity index (χ4v) is 8.95. The van der Waals surface area contributed by atoms with Crippen molar-refractivity contribution in [2.24, 2.45) is 0 Å². The van der Waals surface area contributed by atoms with Crippen molar-refractivity contribution < 1.29 is 0 Å². The summed E-state index contributed by atoms with van der Waals surface area (Å²) in [6, 6.07) is 43.3. The molecule has 0 bridgehead atoms. The minimum Gasteiger partial charge on any atom is -0.310 e. The molecule has 254 valence electrons. The Morgan fingerprint density at radius 2 is 0.583 bits per heavy atom. The zero-order valence-corrected chi connectivity index (χ0v) is 32.4. The largest absolute Gasteiger partial charge is 0.310 e. The second-order valence-corrected chi connectivity index (χ2v) is 15.2. The minimum absolute atomic E-state index is 0.306. The van der Waals surface area contributed by atoms with Crippen molar-refractivity contribution in [2.75, 3.05) is 0 Å². The summed E-state index contributed by atoms with van der Waals surface area (Å²) < 4.78 is 3.98. The highest BCUT2D eigenvalue weighted by molar-refractivity contribution is 6.63. The van der Waals surface area contributed by atoms with E-state index in [1.54, 1.807) is 24.3 Å². The SMILES string of the molecule is [B]c1cc([B])c2c(c1[B])c1c([B])c(-c3cc([B])c4c(c3[B])c3c([B])c([B])cc([B])c3n4-c3cccc(-c4ccccc4)c3)cc([B])c1n2-c1cccc(-c2ccccc2)c1. The van der Waals surface area contributed by atoms with Crippen LogP contribution in [0.3, 0.4) is 0 Å². The molecule has 0 aliphatic rings. The normalized spacial score (nSPS) is 11.7. The van der Waals surface area contributed by atoms with Crippen LogP contribution in [0, 0.1) is 0 Å². The van der Waals surface area contributed by atoms with Crippen LogP contribution in [0.15, 0.2) is 133 Å². The number of benzene rings is 8. The third kappa shape index (κ3) is 5.71. The Bertz CT molecular complexity index is 3200. The molecule has 0 saturated heterocycles. The van der Waals surface area contributed by atoms with Gasteiger partial charge in [-0.2, -0.15) is 0 Å². The van der Waals surface area contributed by atoms with Gasteiger partial charge in [0.2, 0.25) is 0 Å². The predicted molar refractivity (Wildman–Crippen MR) is 265 cm³/mol. The first-order valence-electron chi connectivity index (χ1n) is 19.3. The van der Waals surface area contributed by atoms with Crippen LogP contribution in [0.4, 0.5) is 0 Å². The van der Waals surface area contributed by atoms with Crippen LogP contribution in [0.5, 0.6) is 0 Å². The standard InChI is InChI=1S/C48H22B10N2/c49-31-21-35(53)47-39(43(31)57)37-41(55)29(19-33(51)45(37)59(47)27-15-7-13-25(17-27)23-9-3-1-4-10-23)30-20-34(52)46-38(42(30)56)40-44(58)32(50)22-36(54)48(40)60(46)28-16-8-14-26(18-28)24-11-5-2-6-12-24/h1-22H. The topological polar surface area (TPSA) is 9.86 Å². The van der Waals surface area contributed by atoms with E-state index in [-0.39, 0.29) is 0 Å². The molecule has 10 rings (SSSR count). The molecular weight excluding hydrogens is 713 g/mol. The van der Waals surface area contributed by atoms with Gasteiger partial charge in [-0.25, -0.2) is 0 Å². The minimum atomic E-state index is 0.306. The summed E-state index contributed by atoms with van der Waals surface area (Å²) >= 11 is 0. The molecule has 0 atom stereocenters. The van der Waals surface area contributed by atoms with Crippen molar-refractivity contribution in [1.29, 1.82) is 0 Å². The molecule has 0 N–H and O–H groups in total. The Hall–Kier alpha value is -5.99. The summed E-state index contributed by atoms with van der Waals surface area (Å²) in [7, 11) is 69.2. The number of hydrogen-bond acceptors (Lipinski definition) is 0. The highest BCUT2D eigenvalue weighted by Crippen LogP contribution is 2.35. The summed E-state index contributed by atoms with van der Waals surface area (Å²) in [5.41, 5.74) is 12.7. The van der Waals surface area contributed by atoms with E-state index in [1.807, 2.05) is 81.9 Å². The molecule has 60 heavy (non-hydrogen) atoms. The number of nitrogens with zero attached hydrogens (tertiary/aromatic N) is 2. The van der Waals surface area contributed by atoms with Gasteiger partial charge in [0, 0.05) is 44.2 Å². The van der Waals surface area contributed by atoms with Crippen molar-refractivity contribution in [3.05, 3.63) is 133 Å². The average Bonchev–Trinajstić information content (AvgIpc) is 3.83. The van der Waals surface area contributed by atoms with Gasteiger partial charge < -0.3 is 9.13 Å². The lowest BCUT2D eigenvalue weighted by Gasteiger charge is -2.19. The van der Waals surface area contributed by atoms with Crippen LogP contribution in [0.2, 0.25) is 0 Å². The fraction of sp³-hybridized carbons (Fsp3) is 0. The Morgan fingerprint density at radius 1 is 0.267 bits per heavy atom. The average molecular weight is 735 g/mol. The lowest BCUT2D eigenvalue weighted by atomic mass is 9.70. The number of aromatic nitrogens is 2. The molecule has 2 aromatic heterocycles. The van der Waals surface area contributed by atoms with Gasteiger partial charge in [-0.3, -0.25) is 0 Å². The molecule has 8 aromatic carbocycles. The van der Waals surface area contributed by atoms with Gasteiger partial charge in [-0.1, -0.05) is 153 Å². The number of hydrogen-bond donors (Lipinski definition) is 0. The highest BCUT2D eigenvalue weighted by Gasteiger charge is 2.25. The van der Waals surface area contributed by atoms with Gasteiger partial charge in [-0.05, 0) is 68.4 Å². The molecule has 2 nitrogen and oxygen atoms in total. The third-order valence-corrected chi connectivity index (χ3v) is 11.6. The van der Waals surface area contributed by atoms with Crippen LogP contribution in [0.25, 0.3) is 88.4 Å². The van der Waals surface area contributed by atoms with Crippen LogP contribution in [-0.2, 0) is 0 Å². The summed E-state index contributed by atoms with van der Waals surface area (Å²) in [4.78, 5) is 0. The van der Waals surface area contributed by atoms with Gasteiger partial charge in [-0.15, -0.1) is 10.9 Å². The van der Waals surface area contributed by atoms with Crippen LogP contribution >= 0.6 is 0 Å². The van der Waals surface area contributed by atoms with E-state index in [1.165, 1.54) is 0 Å². The van der Waals surface area contributed by atoms with Gasteiger partial charge in [0.25, 0.3) is 0 Å². The molecule has 0 saturated carbocycles. The van der Waals surface area contributed by atoms with Gasteiger partial charge in [0.05, 0.1) is 0 Å². The lowest BCUT2D eigenvalue weighted by molar-refractivity contribution is 1.19. The number of fused-ring (bicyclic) bond motifs is 6. The molecule has 10 aromatic rings. The molecule has 12 heteroatoms. The maximum atomic E-state index is 7.32. The second kappa shape index (κ2) is 14.3. The first-order valence-corrected chi connectivity index (χ1v) is 19.3. The zero-order valence-electron chi connectivity index (χ0n) is 32.4. The van der Waals surface area contributed by atoms with Crippen molar-refractivity contribution >= 4 is 177 Å². The van der Waals surface area contributed by atoms with Gasteiger partial charge in [0.1, 0.15) is 78.5 Å². The first kappa shape index (κ1) is 38.2. The van der Waals surface area contributed by atoms with E-state index in [4.69, 9.17) is 78.5 Å². The van der Waals surface area contributed by atoms with Gasteiger partial charge >= 0.3 is 0 Å². The summed E-state index contributed by atoms with van der Waals surface area (Å²) in [5.74, 6) is 0. The Kier molecular flexibility index (Phi) is 9.13.